The lowest BCUT2D eigenvalue weighted by Gasteiger charge is -2.27. The highest BCUT2D eigenvalue weighted by atomic mass is 35.5. The normalized spacial score (nSPS) is 14.1. The van der Waals surface area contributed by atoms with Gasteiger partial charge in [-0.15, -0.1) is 0 Å². The van der Waals surface area contributed by atoms with Crippen molar-refractivity contribution >= 4 is 34.3 Å². The molecular formula is C19H19ClFNO4S. The summed E-state index contributed by atoms with van der Waals surface area (Å²) < 4.78 is 30.3. The van der Waals surface area contributed by atoms with Crippen molar-refractivity contribution < 1.29 is 22.9 Å². The van der Waals surface area contributed by atoms with Crippen LogP contribution in [0.15, 0.2) is 53.4 Å². The number of carbonyl (C=O) groups excluding carboxylic acids is 2. The maximum atomic E-state index is 13.2. The largest absolute Gasteiger partial charge is 0.468 e. The van der Waals surface area contributed by atoms with Crippen LogP contribution in [-0.2, 0) is 30.5 Å². The van der Waals surface area contributed by atoms with E-state index in [2.05, 4.69) is 5.32 Å². The van der Waals surface area contributed by atoms with Crippen molar-refractivity contribution in [1.29, 1.82) is 0 Å². The average molecular weight is 412 g/mol. The molecule has 0 aromatic heterocycles. The van der Waals surface area contributed by atoms with Crippen molar-refractivity contribution in [3.05, 3.63) is 64.9 Å². The van der Waals surface area contributed by atoms with Gasteiger partial charge in [-0.25, -0.2) is 4.39 Å². The number of rotatable bonds is 7. The van der Waals surface area contributed by atoms with E-state index in [0.717, 1.165) is 0 Å². The summed E-state index contributed by atoms with van der Waals surface area (Å²) in [5.41, 5.74) is -0.713. The maximum absolute atomic E-state index is 13.2. The van der Waals surface area contributed by atoms with Gasteiger partial charge in [-0.1, -0.05) is 23.7 Å². The average Bonchev–Trinajstić information content (AvgIpc) is 2.66. The molecule has 2 aromatic rings. The SMILES string of the molecule is COC(=O)C(C)(CNC(=O)CS(=O)c1ccc(Cl)cc1)c1ccc(F)cc1. The molecule has 2 unspecified atom stereocenters. The van der Waals surface area contributed by atoms with Crippen LogP contribution >= 0.6 is 11.6 Å². The summed E-state index contributed by atoms with van der Waals surface area (Å²) in [6.45, 7) is 1.50. The number of carbonyl (C=O) groups is 2. The Kier molecular flexibility index (Phi) is 7.10. The molecule has 0 saturated carbocycles. The van der Waals surface area contributed by atoms with Crippen molar-refractivity contribution in [3.8, 4) is 0 Å². The Morgan fingerprint density at radius 2 is 1.74 bits per heavy atom. The van der Waals surface area contributed by atoms with Crippen molar-refractivity contribution in [2.75, 3.05) is 19.4 Å². The molecule has 0 fully saturated rings. The molecular weight excluding hydrogens is 393 g/mol. The summed E-state index contributed by atoms with van der Waals surface area (Å²) in [4.78, 5) is 24.9. The number of nitrogens with one attached hydrogen (secondary N) is 1. The minimum Gasteiger partial charge on any atom is -0.468 e. The second kappa shape index (κ2) is 9.10. The van der Waals surface area contributed by atoms with E-state index in [1.807, 2.05) is 0 Å². The lowest BCUT2D eigenvalue weighted by molar-refractivity contribution is -0.146. The summed E-state index contributed by atoms with van der Waals surface area (Å²) in [7, 11) is -0.309. The first-order valence-electron chi connectivity index (χ1n) is 8.01. The molecule has 0 aliphatic rings. The minimum absolute atomic E-state index is 0.0814. The van der Waals surface area contributed by atoms with Crippen LogP contribution in [0.25, 0.3) is 0 Å². The van der Waals surface area contributed by atoms with E-state index in [1.165, 1.54) is 31.4 Å². The number of amides is 1. The Morgan fingerprint density at radius 3 is 2.30 bits per heavy atom. The Labute approximate surface area is 164 Å². The smallest absolute Gasteiger partial charge is 0.317 e. The van der Waals surface area contributed by atoms with Crippen molar-refractivity contribution in [1.82, 2.24) is 5.32 Å². The van der Waals surface area contributed by atoms with Gasteiger partial charge in [0.25, 0.3) is 0 Å². The summed E-state index contributed by atoms with van der Waals surface area (Å²) in [5.74, 6) is -1.76. The van der Waals surface area contributed by atoms with Crippen LogP contribution in [0.4, 0.5) is 4.39 Å². The van der Waals surface area contributed by atoms with Gasteiger partial charge in [0, 0.05) is 16.5 Å². The predicted molar refractivity (Wildman–Crippen MR) is 102 cm³/mol. The molecule has 0 radical (unpaired) electrons. The van der Waals surface area contributed by atoms with Gasteiger partial charge in [-0.05, 0) is 48.9 Å². The first kappa shape index (κ1) is 21.1. The lowest BCUT2D eigenvalue weighted by atomic mass is 9.82. The van der Waals surface area contributed by atoms with Crippen LogP contribution in [0.2, 0.25) is 5.02 Å². The minimum atomic E-state index is -1.55. The van der Waals surface area contributed by atoms with Crippen LogP contribution in [0.5, 0.6) is 0 Å². The molecule has 27 heavy (non-hydrogen) atoms. The van der Waals surface area contributed by atoms with Gasteiger partial charge in [0.15, 0.2) is 0 Å². The van der Waals surface area contributed by atoms with E-state index < -0.39 is 33.9 Å². The molecule has 0 aliphatic carbocycles. The summed E-state index contributed by atoms with van der Waals surface area (Å²) in [5, 5.41) is 3.12. The molecule has 2 rings (SSSR count). The second-order valence-electron chi connectivity index (χ2n) is 6.05. The monoisotopic (exact) mass is 411 g/mol. The molecule has 0 aliphatic heterocycles. The van der Waals surface area contributed by atoms with Crippen LogP contribution in [0.1, 0.15) is 12.5 Å². The number of esters is 1. The van der Waals surface area contributed by atoms with Crippen LogP contribution in [0, 0.1) is 5.82 Å². The quantitative estimate of drug-likeness (QED) is 0.711. The van der Waals surface area contributed by atoms with E-state index in [4.69, 9.17) is 16.3 Å². The number of halogens is 2. The maximum Gasteiger partial charge on any atom is 0.317 e. The summed E-state index contributed by atoms with van der Waals surface area (Å²) >= 11 is 5.79. The first-order valence-corrected chi connectivity index (χ1v) is 9.71. The molecule has 0 bridgehead atoms. The second-order valence-corrected chi connectivity index (χ2v) is 7.94. The number of ether oxygens (including phenoxy) is 1. The molecule has 144 valence electrons. The highest BCUT2D eigenvalue weighted by molar-refractivity contribution is 7.85. The van der Waals surface area contributed by atoms with Gasteiger partial charge in [0.2, 0.25) is 5.91 Å². The highest BCUT2D eigenvalue weighted by Crippen LogP contribution is 2.25. The topological polar surface area (TPSA) is 72.5 Å². The number of hydrogen-bond acceptors (Lipinski definition) is 4. The fraction of sp³-hybridized carbons (Fsp3) is 0.263. The van der Waals surface area contributed by atoms with Gasteiger partial charge in [-0.3, -0.25) is 13.8 Å². The molecule has 0 saturated heterocycles. The van der Waals surface area contributed by atoms with Crippen LogP contribution < -0.4 is 5.32 Å². The van der Waals surface area contributed by atoms with Gasteiger partial charge >= 0.3 is 5.97 Å². The Bertz CT molecular complexity index is 842. The van der Waals surface area contributed by atoms with E-state index in [0.29, 0.717) is 15.5 Å². The van der Waals surface area contributed by atoms with Gasteiger partial charge < -0.3 is 10.1 Å². The summed E-state index contributed by atoms with van der Waals surface area (Å²) in [6, 6.07) is 11.7. The van der Waals surface area contributed by atoms with Crippen molar-refractivity contribution in [3.63, 3.8) is 0 Å². The molecule has 0 heterocycles. The Hall–Kier alpha value is -2.25. The van der Waals surface area contributed by atoms with Gasteiger partial charge in [-0.2, -0.15) is 0 Å². The third kappa shape index (κ3) is 5.37. The summed E-state index contributed by atoms with van der Waals surface area (Å²) in [6.07, 6.45) is 0. The molecule has 0 spiro atoms. The van der Waals surface area contributed by atoms with E-state index >= 15 is 0 Å². The highest BCUT2D eigenvalue weighted by Gasteiger charge is 2.37. The zero-order valence-corrected chi connectivity index (χ0v) is 16.4. The molecule has 2 atom stereocenters. The van der Waals surface area contributed by atoms with Gasteiger partial charge in [0.1, 0.15) is 17.0 Å². The molecule has 5 nitrogen and oxygen atoms in total. The van der Waals surface area contributed by atoms with E-state index in [9.17, 15) is 18.2 Å². The number of methoxy groups -OCH3 is 1. The van der Waals surface area contributed by atoms with Crippen LogP contribution in [-0.4, -0.2) is 35.5 Å². The standard InChI is InChI=1S/C19H19ClFNO4S/c1-19(18(24)26-2,13-3-7-15(21)8-4-13)12-22-17(23)11-27(25)16-9-5-14(20)6-10-16/h3-10H,11-12H2,1-2H3,(H,22,23). The van der Waals surface area contributed by atoms with Crippen molar-refractivity contribution in [2.45, 2.75) is 17.2 Å². The predicted octanol–water partition coefficient (Wildman–Crippen LogP) is 2.83. The van der Waals surface area contributed by atoms with Crippen molar-refractivity contribution in [2.24, 2.45) is 0 Å². The van der Waals surface area contributed by atoms with Crippen LogP contribution in [0.3, 0.4) is 0 Å². The zero-order valence-electron chi connectivity index (χ0n) is 14.8. The van der Waals surface area contributed by atoms with Gasteiger partial charge in [0.05, 0.1) is 17.9 Å². The Morgan fingerprint density at radius 1 is 1.15 bits per heavy atom. The third-order valence-corrected chi connectivity index (χ3v) is 5.67. The molecule has 2 aromatic carbocycles. The Balaban J connectivity index is 2.06. The number of hydrogen-bond donors (Lipinski definition) is 1. The first-order chi connectivity index (χ1) is 12.8. The molecule has 1 N–H and O–H groups in total. The molecule has 8 heteroatoms. The number of benzene rings is 2. The van der Waals surface area contributed by atoms with E-state index in [1.54, 1.807) is 31.2 Å². The fourth-order valence-corrected chi connectivity index (χ4v) is 3.52. The fourth-order valence-electron chi connectivity index (χ4n) is 2.45. The molecule has 1 amide bonds. The zero-order chi connectivity index (χ0) is 20.0. The third-order valence-electron chi connectivity index (χ3n) is 4.10. The lowest BCUT2D eigenvalue weighted by Crippen LogP contribution is -2.46. The van der Waals surface area contributed by atoms with E-state index in [-0.39, 0.29) is 12.3 Å².